The standard InChI is InChI=1S/C6H6BNO4/c9-4-5-1-6(3-8-2-5)12-7(10)11/h1-4,10-11H. The average molecular weight is 167 g/mol. The zero-order chi connectivity index (χ0) is 8.97. The predicted octanol–water partition coefficient (Wildman–Crippen LogP) is -0.758. The monoisotopic (exact) mass is 167 g/mol. The molecule has 0 amide bonds. The highest BCUT2D eigenvalue weighted by atomic mass is 16.6. The Kier molecular flexibility index (Phi) is 2.79. The molecule has 0 spiro atoms. The molecule has 1 aromatic heterocycles. The molecule has 1 rings (SSSR count). The van der Waals surface area contributed by atoms with Gasteiger partial charge in [-0.15, -0.1) is 0 Å². The molecule has 0 saturated heterocycles. The van der Waals surface area contributed by atoms with E-state index in [0.29, 0.717) is 11.8 Å². The van der Waals surface area contributed by atoms with E-state index in [9.17, 15) is 4.79 Å². The van der Waals surface area contributed by atoms with Crippen LogP contribution >= 0.6 is 0 Å². The summed E-state index contributed by atoms with van der Waals surface area (Å²) in [5, 5.41) is 16.8. The Hall–Kier alpha value is -1.40. The number of carbonyl (C=O) groups excluding carboxylic acids is 1. The second kappa shape index (κ2) is 3.84. The zero-order valence-corrected chi connectivity index (χ0v) is 6.04. The van der Waals surface area contributed by atoms with E-state index in [1.54, 1.807) is 0 Å². The maximum Gasteiger partial charge on any atom is 0.707 e. The Balaban J connectivity index is 2.79. The molecular weight excluding hydrogens is 161 g/mol. The van der Waals surface area contributed by atoms with Gasteiger partial charge in [-0.3, -0.25) is 9.78 Å². The third-order valence-corrected chi connectivity index (χ3v) is 1.11. The molecule has 1 aromatic rings. The van der Waals surface area contributed by atoms with E-state index in [1.165, 1.54) is 18.5 Å². The van der Waals surface area contributed by atoms with Crippen LogP contribution < -0.4 is 4.65 Å². The molecule has 0 aromatic carbocycles. The number of hydrogen-bond acceptors (Lipinski definition) is 5. The molecule has 0 unspecified atom stereocenters. The normalized spacial score (nSPS) is 9.17. The Morgan fingerprint density at radius 1 is 1.50 bits per heavy atom. The van der Waals surface area contributed by atoms with Crippen molar-refractivity contribution in [3.05, 3.63) is 24.0 Å². The van der Waals surface area contributed by atoms with Gasteiger partial charge in [-0.2, -0.15) is 0 Å². The number of aromatic nitrogens is 1. The highest BCUT2D eigenvalue weighted by Crippen LogP contribution is 2.09. The fourth-order valence-electron chi connectivity index (χ4n) is 0.686. The Morgan fingerprint density at radius 2 is 2.25 bits per heavy atom. The van der Waals surface area contributed by atoms with Crippen molar-refractivity contribution in [3.63, 3.8) is 0 Å². The van der Waals surface area contributed by atoms with Crippen LogP contribution in [0.4, 0.5) is 0 Å². The van der Waals surface area contributed by atoms with Gasteiger partial charge >= 0.3 is 7.32 Å². The summed E-state index contributed by atoms with van der Waals surface area (Å²) in [6, 6.07) is 1.35. The first kappa shape index (κ1) is 8.70. The van der Waals surface area contributed by atoms with Gasteiger partial charge in [0.15, 0.2) is 6.29 Å². The van der Waals surface area contributed by atoms with Crippen molar-refractivity contribution in [1.82, 2.24) is 4.98 Å². The van der Waals surface area contributed by atoms with Crippen molar-refractivity contribution in [2.24, 2.45) is 0 Å². The predicted molar refractivity (Wildman–Crippen MR) is 40.4 cm³/mol. The van der Waals surface area contributed by atoms with Crippen molar-refractivity contribution in [3.8, 4) is 5.75 Å². The van der Waals surface area contributed by atoms with Crippen molar-refractivity contribution in [2.45, 2.75) is 0 Å². The zero-order valence-electron chi connectivity index (χ0n) is 6.04. The highest BCUT2D eigenvalue weighted by Gasteiger charge is 2.11. The second-order valence-electron chi connectivity index (χ2n) is 2.02. The lowest BCUT2D eigenvalue weighted by atomic mass is 10.2. The van der Waals surface area contributed by atoms with Gasteiger partial charge in [0.05, 0.1) is 6.20 Å². The van der Waals surface area contributed by atoms with Gasteiger partial charge in [-0.1, -0.05) is 0 Å². The van der Waals surface area contributed by atoms with Crippen LogP contribution in [-0.4, -0.2) is 28.6 Å². The maximum absolute atomic E-state index is 10.2. The van der Waals surface area contributed by atoms with Crippen molar-refractivity contribution >= 4 is 13.6 Å². The molecule has 62 valence electrons. The van der Waals surface area contributed by atoms with Crippen LogP contribution in [0.15, 0.2) is 18.5 Å². The summed E-state index contributed by atoms with van der Waals surface area (Å²) in [6.45, 7) is 0. The SMILES string of the molecule is O=Cc1cncc(OB(O)O)c1. The molecule has 0 radical (unpaired) electrons. The van der Waals surface area contributed by atoms with Gasteiger partial charge in [0.25, 0.3) is 0 Å². The maximum atomic E-state index is 10.2. The number of rotatable bonds is 3. The lowest BCUT2D eigenvalue weighted by Crippen LogP contribution is -2.20. The Morgan fingerprint density at radius 3 is 2.83 bits per heavy atom. The summed E-state index contributed by atoms with van der Waals surface area (Å²) in [5.74, 6) is 0.134. The summed E-state index contributed by atoms with van der Waals surface area (Å²) in [5.41, 5.74) is 0.313. The minimum absolute atomic E-state index is 0.134. The lowest BCUT2D eigenvalue weighted by Gasteiger charge is -2.02. The molecule has 5 nitrogen and oxygen atoms in total. The summed E-state index contributed by atoms with van der Waals surface area (Å²) < 4.78 is 4.45. The van der Waals surface area contributed by atoms with Crippen LogP contribution in [0.1, 0.15) is 10.4 Å². The van der Waals surface area contributed by atoms with Crippen molar-refractivity contribution in [2.75, 3.05) is 0 Å². The minimum atomic E-state index is -1.89. The van der Waals surface area contributed by atoms with Gasteiger partial charge in [0.2, 0.25) is 0 Å². The van der Waals surface area contributed by atoms with E-state index in [-0.39, 0.29) is 5.75 Å². The van der Waals surface area contributed by atoms with E-state index < -0.39 is 7.32 Å². The molecule has 0 aliphatic carbocycles. The first-order chi connectivity index (χ1) is 5.72. The molecule has 1 heterocycles. The molecule has 0 bridgehead atoms. The molecule has 6 heteroatoms. The van der Waals surface area contributed by atoms with Crippen LogP contribution in [-0.2, 0) is 0 Å². The summed E-state index contributed by atoms with van der Waals surface area (Å²) in [4.78, 5) is 13.9. The quantitative estimate of drug-likeness (QED) is 0.456. The van der Waals surface area contributed by atoms with Gasteiger partial charge in [-0.05, 0) is 6.07 Å². The third kappa shape index (κ3) is 2.33. The molecule has 0 saturated carbocycles. The second-order valence-corrected chi connectivity index (χ2v) is 2.02. The molecule has 0 fully saturated rings. The van der Waals surface area contributed by atoms with Crippen LogP contribution in [0, 0.1) is 0 Å². The summed E-state index contributed by atoms with van der Waals surface area (Å²) in [7, 11) is -1.89. The summed E-state index contributed by atoms with van der Waals surface area (Å²) in [6.07, 6.45) is 3.19. The molecule has 2 N–H and O–H groups in total. The van der Waals surface area contributed by atoms with Crippen LogP contribution in [0.25, 0.3) is 0 Å². The fourth-order valence-corrected chi connectivity index (χ4v) is 0.686. The number of hydrogen-bond donors (Lipinski definition) is 2. The van der Waals surface area contributed by atoms with Gasteiger partial charge in [0, 0.05) is 11.8 Å². The van der Waals surface area contributed by atoms with E-state index in [0.717, 1.165) is 0 Å². The largest absolute Gasteiger partial charge is 0.707 e. The van der Waals surface area contributed by atoms with E-state index in [1.807, 2.05) is 0 Å². The number of pyridine rings is 1. The van der Waals surface area contributed by atoms with Crippen LogP contribution in [0.3, 0.4) is 0 Å². The van der Waals surface area contributed by atoms with E-state index >= 15 is 0 Å². The van der Waals surface area contributed by atoms with E-state index in [2.05, 4.69) is 9.64 Å². The minimum Gasteiger partial charge on any atom is -0.511 e. The highest BCUT2D eigenvalue weighted by molar-refractivity contribution is 6.33. The van der Waals surface area contributed by atoms with Gasteiger partial charge < -0.3 is 14.7 Å². The number of aldehydes is 1. The first-order valence-corrected chi connectivity index (χ1v) is 3.15. The lowest BCUT2D eigenvalue weighted by molar-refractivity contribution is 0.112. The summed E-state index contributed by atoms with van der Waals surface area (Å²) >= 11 is 0. The molecule has 0 aliphatic rings. The van der Waals surface area contributed by atoms with Crippen molar-refractivity contribution in [1.29, 1.82) is 0 Å². The van der Waals surface area contributed by atoms with Gasteiger partial charge in [0.1, 0.15) is 5.75 Å². The smallest absolute Gasteiger partial charge is 0.511 e. The number of carbonyl (C=O) groups is 1. The van der Waals surface area contributed by atoms with Gasteiger partial charge in [-0.25, -0.2) is 0 Å². The molecule has 0 aliphatic heterocycles. The first-order valence-electron chi connectivity index (χ1n) is 3.15. The third-order valence-electron chi connectivity index (χ3n) is 1.11. The molecular formula is C6H6BNO4. The molecule has 12 heavy (non-hydrogen) atoms. The van der Waals surface area contributed by atoms with Crippen LogP contribution in [0.5, 0.6) is 5.75 Å². The van der Waals surface area contributed by atoms with E-state index in [4.69, 9.17) is 10.0 Å². The molecule has 0 atom stereocenters. The van der Waals surface area contributed by atoms with Crippen LogP contribution in [0.2, 0.25) is 0 Å². The fraction of sp³-hybridized carbons (Fsp3) is 0. The van der Waals surface area contributed by atoms with Crippen molar-refractivity contribution < 1.29 is 19.5 Å². The topological polar surface area (TPSA) is 79.7 Å². The Bertz CT molecular complexity index is 278. The average Bonchev–Trinajstić information content (AvgIpc) is 2.03. The number of nitrogens with zero attached hydrogens (tertiary/aromatic N) is 1. The Labute approximate surface area is 68.8 Å².